The minimum absolute atomic E-state index is 0.204. The molecule has 2 aliphatic rings. The number of methoxy groups -OCH3 is 2. The molecule has 1 atom stereocenters. The Morgan fingerprint density at radius 1 is 1.32 bits per heavy atom. The van der Waals surface area contributed by atoms with Gasteiger partial charge < -0.3 is 19.7 Å². The smallest absolute Gasteiger partial charge is 0.328 e. The zero-order valence-electron chi connectivity index (χ0n) is 21.3. The number of rotatable bonds is 9. The van der Waals surface area contributed by atoms with Crippen LogP contribution in [-0.4, -0.2) is 79.7 Å². The maximum absolute atomic E-state index is 13.2. The minimum atomic E-state index is -0.447. The van der Waals surface area contributed by atoms with Crippen LogP contribution in [0.1, 0.15) is 40.0 Å². The van der Waals surface area contributed by atoms with Gasteiger partial charge in [-0.3, -0.25) is 15.0 Å². The normalized spacial score (nSPS) is 16.4. The summed E-state index contributed by atoms with van der Waals surface area (Å²) >= 11 is 0. The molecule has 0 spiro atoms. The molecule has 12 heteroatoms. The Hall–Kier alpha value is -4.30. The largest absolute Gasteiger partial charge is 0.383 e. The number of carbonyl (C=O) groups is 2. The molecule has 38 heavy (non-hydrogen) atoms. The van der Waals surface area contributed by atoms with Crippen LogP contribution in [0.25, 0.3) is 0 Å². The SMILES string of the molecule is COCCNc1cc(NC(=O)N2CCCc3cc(CN4CC[C@@H](OC)C4=C=O)c(C=O)nc32)ncc1C#N. The summed E-state index contributed by atoms with van der Waals surface area (Å²) in [6.07, 6.45) is 3.80. The van der Waals surface area contributed by atoms with Gasteiger partial charge in [-0.25, -0.2) is 19.6 Å². The van der Waals surface area contributed by atoms with Crippen LogP contribution in [0.5, 0.6) is 0 Å². The molecule has 2 N–H and O–H groups in total. The Balaban J connectivity index is 1.55. The van der Waals surface area contributed by atoms with Crippen LogP contribution in [0.3, 0.4) is 0 Å². The molecule has 2 aromatic heterocycles. The summed E-state index contributed by atoms with van der Waals surface area (Å²) in [4.78, 5) is 48.8. The van der Waals surface area contributed by atoms with Crippen molar-refractivity contribution >= 4 is 35.6 Å². The van der Waals surface area contributed by atoms with E-state index in [9.17, 15) is 19.6 Å². The number of hydrogen-bond donors (Lipinski definition) is 2. The molecule has 0 saturated carbocycles. The van der Waals surface area contributed by atoms with Gasteiger partial charge in [0.2, 0.25) is 0 Å². The molecule has 2 amide bonds. The van der Waals surface area contributed by atoms with E-state index in [2.05, 4.69) is 26.7 Å². The number of nitrogens with one attached hydrogen (secondary N) is 2. The predicted octanol–water partition coefficient (Wildman–Crippen LogP) is 2.14. The Kier molecular flexibility index (Phi) is 8.66. The molecule has 4 heterocycles. The van der Waals surface area contributed by atoms with Gasteiger partial charge in [0.1, 0.15) is 41.1 Å². The molecule has 0 aromatic carbocycles. The number of carbonyl (C=O) groups excluding carboxylic acids is 3. The molecule has 4 rings (SSSR count). The van der Waals surface area contributed by atoms with Crippen molar-refractivity contribution in [2.45, 2.75) is 31.9 Å². The highest BCUT2D eigenvalue weighted by Gasteiger charge is 2.31. The van der Waals surface area contributed by atoms with Gasteiger partial charge in [0, 0.05) is 58.2 Å². The van der Waals surface area contributed by atoms with Crippen molar-refractivity contribution in [3.05, 3.63) is 46.4 Å². The van der Waals surface area contributed by atoms with Crippen LogP contribution in [0.15, 0.2) is 24.0 Å². The standard InChI is InChI=1S/C26H29N7O5/c1-37-9-6-28-20-11-24(29-13-19(20)12-27)31-26(36)33-7-3-4-17-10-18(21(15-34)30-25(17)33)14-32-8-5-23(38-2)22(32)16-35/h10-11,13,15,23H,3-9,14H2,1-2H3,(H2,28,29,31,36)/t23-/m1/s1. The first-order valence-corrected chi connectivity index (χ1v) is 12.2. The number of hydrogen-bond acceptors (Lipinski definition) is 10. The molecule has 0 aliphatic carbocycles. The summed E-state index contributed by atoms with van der Waals surface area (Å²) in [5.41, 5.74) is 3.01. The topological polar surface area (TPSA) is 150 Å². The summed E-state index contributed by atoms with van der Waals surface area (Å²) in [7, 11) is 3.13. The van der Waals surface area contributed by atoms with Crippen LogP contribution in [-0.2, 0) is 27.2 Å². The fourth-order valence-corrected chi connectivity index (χ4v) is 4.67. The van der Waals surface area contributed by atoms with Gasteiger partial charge in [-0.15, -0.1) is 0 Å². The first-order valence-electron chi connectivity index (χ1n) is 12.2. The number of anilines is 3. The van der Waals surface area contributed by atoms with Gasteiger partial charge in [0.15, 0.2) is 6.29 Å². The average molecular weight is 520 g/mol. The molecule has 2 aromatic rings. The number of nitriles is 1. The lowest BCUT2D eigenvalue weighted by Crippen LogP contribution is -2.40. The fraction of sp³-hybridized carbons (Fsp3) is 0.423. The number of nitrogens with zero attached hydrogens (tertiary/aromatic N) is 5. The van der Waals surface area contributed by atoms with E-state index in [0.717, 1.165) is 5.56 Å². The number of aryl methyl sites for hydroxylation is 1. The van der Waals surface area contributed by atoms with E-state index in [1.54, 1.807) is 20.3 Å². The Bertz CT molecular complexity index is 1300. The highest BCUT2D eigenvalue weighted by molar-refractivity contribution is 6.01. The molecule has 198 valence electrons. The van der Waals surface area contributed by atoms with Crippen molar-refractivity contribution in [3.63, 3.8) is 0 Å². The first-order chi connectivity index (χ1) is 18.5. The predicted molar refractivity (Wildman–Crippen MR) is 139 cm³/mol. The minimum Gasteiger partial charge on any atom is -0.383 e. The summed E-state index contributed by atoms with van der Waals surface area (Å²) < 4.78 is 10.4. The number of likely N-dealkylation sites (tertiary alicyclic amines) is 1. The Morgan fingerprint density at radius 2 is 2.16 bits per heavy atom. The second kappa shape index (κ2) is 12.3. The van der Waals surface area contributed by atoms with Gasteiger partial charge in [-0.05, 0) is 30.9 Å². The summed E-state index contributed by atoms with van der Waals surface area (Å²) in [5.74, 6) is 2.65. The number of ether oxygens (including phenoxy) is 2. The maximum atomic E-state index is 13.2. The molecular formula is C26H29N7O5. The third kappa shape index (κ3) is 5.65. The van der Waals surface area contributed by atoms with Crippen LogP contribution in [0, 0.1) is 11.3 Å². The van der Waals surface area contributed by atoms with Crippen molar-refractivity contribution in [2.24, 2.45) is 0 Å². The Labute approximate surface area is 220 Å². The summed E-state index contributed by atoms with van der Waals surface area (Å²) in [6.45, 7) is 2.27. The van der Waals surface area contributed by atoms with Gasteiger partial charge in [0.25, 0.3) is 0 Å². The van der Waals surface area contributed by atoms with E-state index in [1.807, 2.05) is 16.9 Å². The van der Waals surface area contributed by atoms with E-state index in [-0.39, 0.29) is 17.6 Å². The molecule has 0 radical (unpaired) electrons. The quantitative estimate of drug-likeness (QED) is 0.287. The molecule has 1 saturated heterocycles. The lowest BCUT2D eigenvalue weighted by atomic mass is 10.0. The summed E-state index contributed by atoms with van der Waals surface area (Å²) in [6, 6.07) is 5.09. The van der Waals surface area contributed by atoms with E-state index >= 15 is 0 Å². The van der Waals surface area contributed by atoms with Gasteiger partial charge in [-0.1, -0.05) is 0 Å². The van der Waals surface area contributed by atoms with Crippen LogP contribution in [0.4, 0.5) is 22.1 Å². The fourth-order valence-electron chi connectivity index (χ4n) is 4.67. The highest BCUT2D eigenvalue weighted by atomic mass is 16.5. The van der Waals surface area contributed by atoms with Crippen molar-refractivity contribution in [2.75, 3.05) is 56.0 Å². The number of fused-ring (bicyclic) bond motifs is 1. The zero-order valence-corrected chi connectivity index (χ0v) is 21.3. The van der Waals surface area contributed by atoms with Crippen molar-refractivity contribution in [3.8, 4) is 6.07 Å². The first kappa shape index (κ1) is 26.8. The third-order valence-corrected chi connectivity index (χ3v) is 6.57. The number of urea groups is 1. The second-order valence-electron chi connectivity index (χ2n) is 8.89. The molecular weight excluding hydrogens is 490 g/mol. The molecule has 0 unspecified atom stereocenters. The van der Waals surface area contributed by atoms with Gasteiger partial charge in [0.05, 0.1) is 17.9 Å². The van der Waals surface area contributed by atoms with Crippen LogP contribution >= 0.6 is 0 Å². The van der Waals surface area contributed by atoms with Crippen LogP contribution in [0.2, 0.25) is 0 Å². The molecule has 0 bridgehead atoms. The van der Waals surface area contributed by atoms with Crippen molar-refractivity contribution < 1.29 is 23.9 Å². The lowest BCUT2D eigenvalue weighted by Gasteiger charge is -2.29. The Morgan fingerprint density at radius 3 is 2.87 bits per heavy atom. The molecule has 2 aliphatic heterocycles. The van der Waals surface area contributed by atoms with E-state index < -0.39 is 6.03 Å². The maximum Gasteiger partial charge on any atom is 0.328 e. The van der Waals surface area contributed by atoms with Crippen molar-refractivity contribution in [1.29, 1.82) is 5.26 Å². The number of pyridine rings is 2. The highest BCUT2D eigenvalue weighted by Crippen LogP contribution is 2.30. The van der Waals surface area contributed by atoms with Crippen molar-refractivity contribution in [1.82, 2.24) is 14.9 Å². The van der Waals surface area contributed by atoms with E-state index in [4.69, 9.17) is 9.47 Å². The van der Waals surface area contributed by atoms with Gasteiger partial charge in [-0.2, -0.15) is 5.26 Å². The number of aldehydes is 1. The average Bonchev–Trinajstić information content (AvgIpc) is 3.34. The van der Waals surface area contributed by atoms with Gasteiger partial charge >= 0.3 is 6.03 Å². The van der Waals surface area contributed by atoms with E-state index in [0.29, 0.717) is 86.7 Å². The van der Waals surface area contributed by atoms with Crippen LogP contribution < -0.4 is 15.5 Å². The third-order valence-electron chi connectivity index (χ3n) is 6.57. The van der Waals surface area contributed by atoms with E-state index in [1.165, 1.54) is 11.1 Å². The summed E-state index contributed by atoms with van der Waals surface area (Å²) in [5, 5.41) is 15.2. The number of aromatic nitrogens is 2. The monoisotopic (exact) mass is 519 g/mol. The second-order valence-corrected chi connectivity index (χ2v) is 8.89. The zero-order chi connectivity index (χ0) is 27.1. The molecule has 12 nitrogen and oxygen atoms in total. The lowest BCUT2D eigenvalue weighted by molar-refractivity contribution is 0.111. The number of amides is 2. The molecule has 1 fully saturated rings.